The summed E-state index contributed by atoms with van der Waals surface area (Å²) in [6, 6.07) is 3.39. The summed E-state index contributed by atoms with van der Waals surface area (Å²) in [7, 11) is 0. The molecule has 0 spiro atoms. The topological polar surface area (TPSA) is 84.8 Å². The quantitative estimate of drug-likeness (QED) is 0.396. The van der Waals surface area contributed by atoms with Crippen molar-refractivity contribution < 1.29 is 19.1 Å². The number of allylic oxidation sites excluding steroid dienone is 2. The van der Waals surface area contributed by atoms with Crippen molar-refractivity contribution in [2.24, 2.45) is 11.0 Å². The Labute approximate surface area is 119 Å². The van der Waals surface area contributed by atoms with E-state index in [1.165, 1.54) is 31.3 Å². The Morgan fingerprint density at radius 1 is 1.45 bits per heavy atom. The van der Waals surface area contributed by atoms with Crippen LogP contribution in [0.15, 0.2) is 34.4 Å². The van der Waals surface area contributed by atoms with E-state index in [9.17, 15) is 14.4 Å². The fraction of sp³-hybridized carbons (Fsp3) is 0.231. The molecule has 0 bridgehead atoms. The Morgan fingerprint density at radius 2 is 2.20 bits per heavy atom. The first kappa shape index (κ1) is 14.1. The molecule has 1 aliphatic heterocycles. The minimum Gasteiger partial charge on any atom is -0.430 e. The monoisotopic (exact) mass is 292 g/mol. The van der Waals surface area contributed by atoms with Crippen LogP contribution in [0.5, 0.6) is 0 Å². The third-order valence-corrected chi connectivity index (χ3v) is 3.49. The van der Waals surface area contributed by atoms with Crippen LogP contribution in [0.1, 0.15) is 23.5 Å². The number of rotatable bonds is 3. The number of hydrazone groups is 1. The van der Waals surface area contributed by atoms with Crippen LogP contribution in [0.2, 0.25) is 0 Å². The van der Waals surface area contributed by atoms with Crippen LogP contribution in [-0.2, 0) is 14.3 Å². The summed E-state index contributed by atoms with van der Waals surface area (Å²) >= 11 is 1.27. The normalized spacial score (nSPS) is 19.4. The van der Waals surface area contributed by atoms with Gasteiger partial charge < -0.3 is 4.74 Å². The first-order valence-corrected chi connectivity index (χ1v) is 6.69. The molecule has 0 radical (unpaired) electrons. The number of hydrogen-bond donors (Lipinski definition) is 1. The van der Waals surface area contributed by atoms with Gasteiger partial charge in [0.1, 0.15) is 5.76 Å². The van der Waals surface area contributed by atoms with Crippen LogP contribution in [0.3, 0.4) is 0 Å². The lowest BCUT2D eigenvalue weighted by molar-refractivity contribution is -0.146. The number of hydrogen-bond acceptors (Lipinski definition) is 6. The molecule has 1 aromatic rings. The lowest BCUT2D eigenvalue weighted by Gasteiger charge is -2.17. The van der Waals surface area contributed by atoms with E-state index in [4.69, 9.17) is 4.74 Å². The Balaban J connectivity index is 2.09. The minimum atomic E-state index is -1.10. The van der Waals surface area contributed by atoms with E-state index < -0.39 is 17.7 Å². The van der Waals surface area contributed by atoms with E-state index in [2.05, 4.69) is 10.5 Å². The molecule has 1 aromatic heterocycles. The maximum absolute atomic E-state index is 11.8. The second-order valence-corrected chi connectivity index (χ2v) is 5.13. The van der Waals surface area contributed by atoms with E-state index in [0.717, 1.165) is 0 Å². The van der Waals surface area contributed by atoms with Crippen molar-refractivity contribution in [1.82, 2.24) is 5.43 Å². The first-order valence-electron chi connectivity index (χ1n) is 5.81. The highest BCUT2D eigenvalue weighted by atomic mass is 32.1. The standard InChI is InChI=1S/C13H12N2O4S/c1-7-6-9(16)11(13(18)19-7)8(2)14-15-12(17)10-4-3-5-20-10/h3-6,11H,1-2H3,(H,15,17)/b14-8+. The number of carbonyl (C=O) groups excluding carboxylic acids is 3. The van der Waals surface area contributed by atoms with Crippen molar-refractivity contribution in [3.8, 4) is 0 Å². The molecule has 0 fully saturated rings. The highest BCUT2D eigenvalue weighted by Crippen LogP contribution is 2.16. The molecular weight excluding hydrogens is 280 g/mol. The van der Waals surface area contributed by atoms with Crippen LogP contribution in [0.4, 0.5) is 0 Å². The van der Waals surface area contributed by atoms with Crippen LogP contribution in [0, 0.1) is 5.92 Å². The van der Waals surface area contributed by atoms with Crippen LogP contribution < -0.4 is 5.43 Å². The summed E-state index contributed by atoms with van der Waals surface area (Å²) in [5.41, 5.74) is 2.50. The minimum absolute atomic E-state index is 0.189. The van der Waals surface area contributed by atoms with E-state index >= 15 is 0 Å². The van der Waals surface area contributed by atoms with Gasteiger partial charge in [-0.15, -0.1) is 11.3 Å². The molecule has 1 N–H and O–H groups in total. The zero-order valence-corrected chi connectivity index (χ0v) is 11.7. The van der Waals surface area contributed by atoms with Gasteiger partial charge in [-0.05, 0) is 25.3 Å². The summed E-state index contributed by atoms with van der Waals surface area (Å²) in [5, 5.41) is 5.57. The third kappa shape index (κ3) is 3.00. The summed E-state index contributed by atoms with van der Waals surface area (Å²) in [6.45, 7) is 3.02. The van der Waals surface area contributed by atoms with E-state index in [0.29, 0.717) is 4.88 Å². The second kappa shape index (κ2) is 5.79. The van der Waals surface area contributed by atoms with Gasteiger partial charge in [-0.1, -0.05) is 6.07 Å². The number of carbonyl (C=O) groups is 3. The largest absolute Gasteiger partial charge is 0.430 e. The molecule has 2 rings (SSSR count). The van der Waals surface area contributed by atoms with Crippen LogP contribution in [0.25, 0.3) is 0 Å². The van der Waals surface area contributed by atoms with Crippen molar-refractivity contribution in [3.05, 3.63) is 34.2 Å². The number of esters is 1. The third-order valence-electron chi connectivity index (χ3n) is 2.62. The summed E-state index contributed by atoms with van der Waals surface area (Å²) < 4.78 is 4.88. The number of ketones is 1. The molecule has 20 heavy (non-hydrogen) atoms. The van der Waals surface area contributed by atoms with Crippen LogP contribution in [-0.4, -0.2) is 23.4 Å². The number of thiophene rings is 1. The summed E-state index contributed by atoms with van der Waals surface area (Å²) in [5.74, 6) is -2.30. The smallest absolute Gasteiger partial charge is 0.327 e. The lowest BCUT2D eigenvalue weighted by Crippen LogP contribution is -2.35. The molecule has 0 saturated heterocycles. The maximum Gasteiger partial charge on any atom is 0.327 e. The summed E-state index contributed by atoms with van der Waals surface area (Å²) in [4.78, 5) is 35.6. The number of nitrogens with zero attached hydrogens (tertiary/aromatic N) is 1. The zero-order valence-electron chi connectivity index (χ0n) is 10.9. The van der Waals surface area contributed by atoms with Crippen molar-refractivity contribution in [3.63, 3.8) is 0 Å². The molecule has 0 saturated carbocycles. The van der Waals surface area contributed by atoms with Gasteiger partial charge in [0.2, 0.25) is 0 Å². The number of nitrogens with one attached hydrogen (secondary N) is 1. The fourth-order valence-corrected chi connectivity index (χ4v) is 2.30. The molecule has 7 heteroatoms. The average molecular weight is 292 g/mol. The van der Waals surface area contributed by atoms with Gasteiger partial charge in [-0.25, -0.2) is 5.43 Å². The van der Waals surface area contributed by atoms with Gasteiger partial charge in [0, 0.05) is 6.08 Å². The molecular formula is C13H12N2O4S. The fourth-order valence-electron chi connectivity index (χ4n) is 1.69. The Kier molecular flexibility index (Phi) is 4.09. The molecule has 1 aliphatic rings. The highest BCUT2D eigenvalue weighted by molar-refractivity contribution is 7.12. The van der Waals surface area contributed by atoms with Gasteiger partial charge in [-0.2, -0.15) is 5.10 Å². The Hall–Kier alpha value is -2.28. The first-order chi connectivity index (χ1) is 9.49. The van der Waals surface area contributed by atoms with Crippen molar-refractivity contribution >= 4 is 34.7 Å². The van der Waals surface area contributed by atoms with Gasteiger partial charge >= 0.3 is 5.97 Å². The average Bonchev–Trinajstić information content (AvgIpc) is 2.88. The van der Waals surface area contributed by atoms with Crippen molar-refractivity contribution in [2.75, 3.05) is 0 Å². The van der Waals surface area contributed by atoms with Gasteiger partial charge in [-0.3, -0.25) is 14.4 Å². The molecule has 0 aromatic carbocycles. The van der Waals surface area contributed by atoms with Gasteiger partial charge in [0.05, 0.1) is 10.6 Å². The molecule has 1 unspecified atom stereocenters. The number of cyclic esters (lactones) is 1. The van der Waals surface area contributed by atoms with Gasteiger partial charge in [0.25, 0.3) is 5.91 Å². The van der Waals surface area contributed by atoms with Crippen molar-refractivity contribution in [1.29, 1.82) is 0 Å². The van der Waals surface area contributed by atoms with E-state index in [-0.39, 0.29) is 17.4 Å². The SMILES string of the molecule is CC1=CC(=O)C(/C(C)=N/NC(=O)c2cccs2)C(=O)O1. The highest BCUT2D eigenvalue weighted by Gasteiger charge is 2.34. The molecule has 1 atom stereocenters. The van der Waals surface area contributed by atoms with E-state index in [1.54, 1.807) is 17.5 Å². The maximum atomic E-state index is 11.8. The number of amides is 1. The number of ether oxygens (including phenoxy) is 1. The lowest BCUT2D eigenvalue weighted by atomic mass is 9.97. The van der Waals surface area contributed by atoms with E-state index in [1.807, 2.05) is 0 Å². The molecule has 6 nitrogen and oxygen atoms in total. The van der Waals surface area contributed by atoms with Gasteiger partial charge in [0.15, 0.2) is 11.7 Å². The Bertz CT molecular complexity index is 616. The zero-order chi connectivity index (χ0) is 14.7. The predicted octanol–water partition coefficient (Wildman–Crippen LogP) is 1.50. The Morgan fingerprint density at radius 3 is 2.80 bits per heavy atom. The van der Waals surface area contributed by atoms with Crippen LogP contribution >= 0.6 is 11.3 Å². The molecule has 2 heterocycles. The second-order valence-electron chi connectivity index (χ2n) is 4.18. The predicted molar refractivity (Wildman–Crippen MR) is 73.2 cm³/mol. The van der Waals surface area contributed by atoms with Crippen molar-refractivity contribution in [2.45, 2.75) is 13.8 Å². The summed E-state index contributed by atoms with van der Waals surface area (Å²) in [6.07, 6.45) is 1.24. The molecule has 1 amide bonds. The molecule has 0 aliphatic carbocycles. The molecule has 104 valence electrons.